The van der Waals surface area contributed by atoms with Gasteiger partial charge in [-0.1, -0.05) is 72.8 Å². The van der Waals surface area contributed by atoms with Crippen molar-refractivity contribution in [3.63, 3.8) is 0 Å². The van der Waals surface area contributed by atoms with Gasteiger partial charge in [0.05, 0.1) is 44.1 Å². The van der Waals surface area contributed by atoms with Crippen molar-refractivity contribution in [2.75, 3.05) is 63.0 Å². The predicted molar refractivity (Wildman–Crippen MR) is 359 cm³/mol. The molecule has 10 N–H and O–H groups in total. The van der Waals surface area contributed by atoms with E-state index in [2.05, 4.69) is 85.9 Å². The van der Waals surface area contributed by atoms with Gasteiger partial charge in [-0.2, -0.15) is 0 Å². The highest BCUT2D eigenvalue weighted by Gasteiger charge is 2.24. The first-order valence-corrected chi connectivity index (χ1v) is 30.9. The number of imidazole rings is 4. The van der Waals surface area contributed by atoms with Gasteiger partial charge in [0.1, 0.15) is 23.3 Å². The quantitative estimate of drug-likeness (QED) is 0.0282. The molecule has 2 saturated heterocycles. The fraction of sp³-hybridized carbons (Fsp3) is 0.257. The first-order chi connectivity index (χ1) is 46.3. The number of aromatic amines is 2. The van der Waals surface area contributed by atoms with Crippen LogP contribution in [0.5, 0.6) is 0 Å². The molecular weight excluding hydrogens is 1240 g/mol. The van der Waals surface area contributed by atoms with Gasteiger partial charge in [-0.05, 0) is 148 Å². The normalized spacial score (nSPS) is 13.7. The Hall–Kier alpha value is -11.4. The average Bonchev–Trinajstić information content (AvgIpc) is 1.66. The number of aliphatic carboxylic acids is 6. The van der Waals surface area contributed by atoms with Crippen LogP contribution in [0, 0.1) is 23.5 Å². The Labute approximate surface area is 549 Å². The van der Waals surface area contributed by atoms with E-state index in [0.717, 1.165) is 144 Å². The molecule has 0 saturated carbocycles. The highest BCUT2D eigenvalue weighted by atomic mass is 19.1. The van der Waals surface area contributed by atoms with Gasteiger partial charge in [-0.3, -0.25) is 0 Å². The van der Waals surface area contributed by atoms with Crippen LogP contribution in [0.3, 0.4) is 0 Å². The lowest BCUT2D eigenvalue weighted by atomic mass is 9.93. The van der Waals surface area contributed by atoms with Gasteiger partial charge >= 0.3 is 35.8 Å². The Balaban J connectivity index is 0.000000184. The number of para-hydroxylation sites is 8. The summed E-state index contributed by atoms with van der Waals surface area (Å²) in [5.41, 5.74) is 10.6. The average molecular weight is 1310 g/mol. The number of piperidine rings is 2. The third-order valence-electron chi connectivity index (χ3n) is 15.7. The smallest absolute Gasteiger partial charge is 0.328 e. The van der Waals surface area contributed by atoms with Gasteiger partial charge < -0.3 is 70.2 Å². The molecule has 4 aromatic heterocycles. The molecule has 10 aromatic rings. The van der Waals surface area contributed by atoms with Crippen molar-refractivity contribution in [2.24, 2.45) is 11.8 Å². The van der Waals surface area contributed by atoms with Crippen molar-refractivity contribution in [1.82, 2.24) is 48.8 Å². The zero-order valence-corrected chi connectivity index (χ0v) is 52.3. The summed E-state index contributed by atoms with van der Waals surface area (Å²) in [6, 6.07) is 46.4. The molecule has 2 aliphatic rings. The number of nitrogens with one attached hydrogen (secondary N) is 4. The maximum Gasteiger partial charge on any atom is 0.328 e. The van der Waals surface area contributed by atoms with E-state index < -0.39 is 35.8 Å². The molecule has 0 radical (unpaired) electrons. The molecule has 2 fully saturated rings. The minimum Gasteiger partial charge on any atom is -0.478 e. The second kappa shape index (κ2) is 35.6. The number of anilines is 2. The van der Waals surface area contributed by atoms with Crippen LogP contribution in [0.2, 0.25) is 0 Å². The molecule has 24 nitrogen and oxygen atoms in total. The summed E-state index contributed by atoms with van der Waals surface area (Å²) in [6.07, 6.45) is 9.98. The summed E-state index contributed by atoms with van der Waals surface area (Å²) in [4.78, 5) is 88.3. The van der Waals surface area contributed by atoms with Gasteiger partial charge in [0.25, 0.3) is 0 Å². The number of likely N-dealkylation sites (tertiary alicyclic amines) is 2. The van der Waals surface area contributed by atoms with E-state index in [1.165, 1.54) is 49.9 Å². The first kappa shape index (κ1) is 70.5. The second-order valence-corrected chi connectivity index (χ2v) is 22.5. The Bertz CT molecular complexity index is 3900. The summed E-state index contributed by atoms with van der Waals surface area (Å²) in [7, 11) is 0. The van der Waals surface area contributed by atoms with Gasteiger partial charge in [-0.25, -0.2) is 57.5 Å². The molecule has 2 aliphatic heterocycles. The van der Waals surface area contributed by atoms with E-state index in [0.29, 0.717) is 61.4 Å². The minimum atomic E-state index is -1.26. The topological polar surface area (TPSA) is 347 Å². The Kier molecular flexibility index (Phi) is 26.1. The lowest BCUT2D eigenvalue weighted by molar-refractivity contribution is -0.134. The number of rotatable bonds is 22. The van der Waals surface area contributed by atoms with Crippen LogP contribution in [0.15, 0.2) is 182 Å². The summed E-state index contributed by atoms with van der Waals surface area (Å²) in [5.74, 6) is -2.77. The highest BCUT2D eigenvalue weighted by molar-refractivity contribution is 5.91. The van der Waals surface area contributed by atoms with E-state index in [4.69, 9.17) is 40.6 Å². The standard InChI is InChI=1S/2C29H31FN6.3C4H4O4/c2*30-23-11-9-22(10-12-23)20-36-27-8-4-3-7-26(27)32-28(36)19-21-13-16-35(17-14-21)18-15-31-29-33-24-5-1-2-6-25(24)34-29;3*5-3(6)1-2-4(7)8/h2*1-12,21H,13-20H2,(H2,31,33,34);3*1-2H,(H,5,6)(H,7,8). The van der Waals surface area contributed by atoms with E-state index in [-0.39, 0.29) is 11.6 Å². The predicted octanol–water partition coefficient (Wildman–Crippen LogP) is 10.1. The third-order valence-corrected chi connectivity index (χ3v) is 15.7. The SMILES string of the molecule is Fc1ccc(Cn2c(CC3CCN(CCNc4nc5ccccc5[nH]4)CC3)nc3ccccc32)cc1.Fc1ccc(Cn2c(CC3CCN(CCNc4nc5ccccc5[nH]4)CC3)nc3ccccc32)cc1.O=C(O)C=CC(=O)O.O=C(O)C=CC(=O)O.O=C(O)C=CC(=O)O. The molecule has 0 unspecified atom stereocenters. The third kappa shape index (κ3) is 22.7. The van der Waals surface area contributed by atoms with Crippen molar-refractivity contribution in [1.29, 1.82) is 0 Å². The number of halogens is 2. The minimum absolute atomic E-state index is 0.200. The van der Waals surface area contributed by atoms with E-state index in [1.807, 2.05) is 84.9 Å². The number of aromatic nitrogens is 8. The maximum absolute atomic E-state index is 13.4. The van der Waals surface area contributed by atoms with Crippen molar-refractivity contribution in [2.45, 2.75) is 51.6 Å². The van der Waals surface area contributed by atoms with Crippen molar-refractivity contribution < 1.29 is 68.2 Å². The molecule has 0 atom stereocenters. The second-order valence-electron chi connectivity index (χ2n) is 22.5. The number of nitrogens with zero attached hydrogens (tertiary/aromatic N) is 8. The molecule has 0 spiro atoms. The largest absolute Gasteiger partial charge is 0.478 e. The number of carboxylic acids is 6. The molecular formula is C70H74F2N12O12. The van der Waals surface area contributed by atoms with E-state index in [1.54, 1.807) is 0 Å². The Morgan fingerprint density at radius 2 is 0.719 bits per heavy atom. The first-order valence-electron chi connectivity index (χ1n) is 30.9. The number of carbonyl (C=O) groups is 6. The Morgan fingerprint density at radius 1 is 0.417 bits per heavy atom. The van der Waals surface area contributed by atoms with Crippen molar-refractivity contribution in [3.05, 3.63) is 216 Å². The van der Waals surface area contributed by atoms with Crippen molar-refractivity contribution in [3.8, 4) is 0 Å². The van der Waals surface area contributed by atoms with E-state index >= 15 is 0 Å². The lowest BCUT2D eigenvalue weighted by Gasteiger charge is -2.31. The zero-order valence-electron chi connectivity index (χ0n) is 52.3. The molecule has 0 bridgehead atoms. The van der Waals surface area contributed by atoms with Gasteiger partial charge in [0.2, 0.25) is 11.9 Å². The number of carboxylic acid groups (broad SMARTS) is 6. The molecule has 0 amide bonds. The van der Waals surface area contributed by atoms with Crippen LogP contribution in [0.4, 0.5) is 20.7 Å². The van der Waals surface area contributed by atoms with Crippen LogP contribution in [-0.2, 0) is 54.7 Å². The fourth-order valence-corrected chi connectivity index (χ4v) is 11.0. The monoisotopic (exact) mass is 1310 g/mol. The summed E-state index contributed by atoms with van der Waals surface area (Å²) in [5, 5.41) is 53.7. The maximum atomic E-state index is 13.4. The van der Waals surface area contributed by atoms with Gasteiger partial charge in [0, 0.05) is 88.6 Å². The van der Waals surface area contributed by atoms with Crippen LogP contribution in [-0.4, -0.2) is 168 Å². The molecule has 96 heavy (non-hydrogen) atoms. The number of hydrogen-bond donors (Lipinski definition) is 10. The number of fused-ring (bicyclic) bond motifs is 4. The summed E-state index contributed by atoms with van der Waals surface area (Å²) in [6.45, 7) is 9.59. The molecule has 0 aliphatic carbocycles. The Morgan fingerprint density at radius 3 is 1.03 bits per heavy atom. The van der Waals surface area contributed by atoms with E-state index in [9.17, 15) is 37.5 Å². The van der Waals surface area contributed by atoms with Crippen LogP contribution in [0.1, 0.15) is 48.5 Å². The number of hydrogen-bond acceptors (Lipinski definition) is 14. The molecule has 12 rings (SSSR count). The molecule has 6 heterocycles. The molecule has 26 heteroatoms. The van der Waals surface area contributed by atoms with Crippen molar-refractivity contribution >= 4 is 91.8 Å². The summed E-state index contributed by atoms with van der Waals surface area (Å²) >= 11 is 0. The summed E-state index contributed by atoms with van der Waals surface area (Å²) < 4.78 is 31.5. The zero-order chi connectivity index (χ0) is 68.3. The van der Waals surface area contributed by atoms with Gasteiger partial charge in [-0.15, -0.1) is 0 Å². The van der Waals surface area contributed by atoms with Crippen LogP contribution >= 0.6 is 0 Å². The highest BCUT2D eigenvalue weighted by Crippen LogP contribution is 2.28. The van der Waals surface area contributed by atoms with Gasteiger partial charge in [0.15, 0.2) is 0 Å². The lowest BCUT2D eigenvalue weighted by Crippen LogP contribution is -2.37. The molecule has 500 valence electrons. The number of H-pyrrole nitrogens is 2. The van der Waals surface area contributed by atoms with Crippen LogP contribution < -0.4 is 10.6 Å². The fourth-order valence-electron chi connectivity index (χ4n) is 11.0. The molecule has 6 aromatic carbocycles. The van der Waals surface area contributed by atoms with Crippen LogP contribution in [0.25, 0.3) is 44.1 Å². The number of benzene rings is 6.